The number of nitrogens with two attached hydrogens (primary N) is 2. The van der Waals surface area contributed by atoms with E-state index in [0.717, 1.165) is 25.8 Å². The van der Waals surface area contributed by atoms with Gasteiger partial charge in [0, 0.05) is 65.0 Å². The Morgan fingerprint density at radius 2 is 1.69 bits per heavy atom. The third-order valence-corrected chi connectivity index (χ3v) is 15.7. The number of hydrogen-bond acceptors (Lipinski definition) is 17. The summed E-state index contributed by atoms with van der Waals surface area (Å²) in [5, 5.41) is 25.5. The highest BCUT2D eigenvalue weighted by Crippen LogP contribution is 2.41. The Morgan fingerprint density at radius 1 is 0.963 bits per heavy atom. The number of benzene rings is 1. The number of aliphatic hydroxyl groups is 1. The van der Waals surface area contributed by atoms with E-state index in [2.05, 4.69) is 45.1 Å². The molecule has 9 N–H and O–H groups in total. The van der Waals surface area contributed by atoms with Crippen molar-refractivity contribution >= 4 is 64.0 Å². The monoisotopic (exact) mass is 1130 g/mol. The number of hydrogen-bond donors (Lipinski definition) is 7. The summed E-state index contributed by atoms with van der Waals surface area (Å²) >= 11 is 1.65. The van der Waals surface area contributed by atoms with E-state index in [0.29, 0.717) is 99.3 Å². The number of carbonyl (C=O) groups is 5. The van der Waals surface area contributed by atoms with E-state index >= 15 is 0 Å². The maximum absolute atomic E-state index is 15.0. The van der Waals surface area contributed by atoms with Crippen LogP contribution in [0.3, 0.4) is 0 Å². The van der Waals surface area contributed by atoms with Gasteiger partial charge in [-0.2, -0.15) is 0 Å². The second-order valence-corrected chi connectivity index (χ2v) is 22.2. The molecule has 0 fully saturated rings. The minimum Gasteiger partial charge on any atom is -0.458 e. The molecule has 4 amide bonds. The molecule has 3 aromatic heterocycles. The van der Waals surface area contributed by atoms with Gasteiger partial charge in [-0.1, -0.05) is 65.0 Å². The number of pyridine rings is 2. The van der Waals surface area contributed by atoms with Gasteiger partial charge in [-0.25, -0.2) is 30.0 Å². The summed E-state index contributed by atoms with van der Waals surface area (Å²) in [5.74, 6) is 2.69. The molecule has 21 nitrogen and oxygen atoms in total. The number of carbonyl (C=O) groups excluding carboxylic acids is 5. The summed E-state index contributed by atoms with van der Waals surface area (Å²) in [7, 11) is 3.88. The third-order valence-electron chi connectivity index (χ3n) is 14.3. The molecule has 1 aromatic carbocycles. The van der Waals surface area contributed by atoms with Crippen molar-refractivity contribution < 1.29 is 42.9 Å². The number of cyclic esters (lactones) is 1. The number of aromatic nitrogens is 4. The smallest absolute Gasteiger partial charge is 0.343 e. The number of halogens is 1. The van der Waals surface area contributed by atoms with E-state index < -0.39 is 59.3 Å². The Hall–Kier alpha value is -6.79. The lowest BCUT2D eigenvalue weighted by atomic mass is 9.86. The fourth-order valence-corrected chi connectivity index (χ4v) is 10.4. The van der Waals surface area contributed by atoms with E-state index in [9.17, 15) is 38.3 Å². The second-order valence-electron chi connectivity index (χ2n) is 20.9. The van der Waals surface area contributed by atoms with E-state index in [1.165, 1.54) is 15.6 Å². The first-order valence-corrected chi connectivity index (χ1v) is 28.4. The molecular weight excluding hydrogens is 1050 g/mol. The number of nitrogens with one attached hydrogen (secondary N) is 4. The topological polar surface area (TPSA) is 291 Å². The lowest BCUT2D eigenvalue weighted by molar-refractivity contribution is -0.172. The first-order chi connectivity index (χ1) is 38.2. The van der Waals surface area contributed by atoms with E-state index in [1.54, 1.807) is 68.5 Å². The van der Waals surface area contributed by atoms with Crippen molar-refractivity contribution in [2.24, 2.45) is 17.5 Å². The molecule has 2 aliphatic heterocycles. The first-order valence-electron chi connectivity index (χ1n) is 27.5. The van der Waals surface area contributed by atoms with Crippen LogP contribution < -0.4 is 38.4 Å². The summed E-state index contributed by atoms with van der Waals surface area (Å²) in [5.41, 5.74) is 8.11. The largest absolute Gasteiger partial charge is 0.458 e. The van der Waals surface area contributed by atoms with Gasteiger partial charge in [-0.15, -0.1) is 0 Å². The molecule has 0 spiro atoms. The van der Waals surface area contributed by atoms with Gasteiger partial charge in [0.2, 0.25) is 23.6 Å². The summed E-state index contributed by atoms with van der Waals surface area (Å²) in [6, 6.07) is 2.70. The van der Waals surface area contributed by atoms with Gasteiger partial charge in [-0.05, 0) is 108 Å². The average Bonchev–Trinajstić information content (AvgIpc) is 4.02. The number of ether oxygens (including phenoxy) is 2. The lowest BCUT2D eigenvalue weighted by Crippen LogP contribution is -2.56. The molecular formula is C57H79FN12O9S. The Bertz CT molecular complexity index is 2980. The predicted octanol–water partition coefficient (Wildman–Crippen LogP) is 4.87. The minimum absolute atomic E-state index is 0.0177. The van der Waals surface area contributed by atoms with Crippen LogP contribution in [-0.2, 0) is 52.2 Å². The zero-order chi connectivity index (χ0) is 58.3. The number of fused-ring (bicyclic) bond motifs is 5. The van der Waals surface area contributed by atoms with Crippen LogP contribution in [0.5, 0.6) is 0 Å². The van der Waals surface area contributed by atoms with Crippen molar-refractivity contribution in [2.75, 3.05) is 47.1 Å². The van der Waals surface area contributed by atoms with Gasteiger partial charge in [-0.3, -0.25) is 24.0 Å². The lowest BCUT2D eigenvalue weighted by Gasteiger charge is -2.31. The van der Waals surface area contributed by atoms with Crippen LogP contribution in [0.15, 0.2) is 52.8 Å². The first kappa shape index (κ1) is 62.4. The number of unbranched alkanes of at least 4 members (excludes halogenated alkanes) is 3. The van der Waals surface area contributed by atoms with Crippen LogP contribution >= 0.6 is 11.8 Å². The van der Waals surface area contributed by atoms with Crippen molar-refractivity contribution in [2.45, 2.75) is 147 Å². The highest BCUT2D eigenvalue weighted by Gasteiger charge is 2.45. The average molecular weight is 1130 g/mol. The molecule has 0 saturated carbocycles. The van der Waals surface area contributed by atoms with Crippen LogP contribution in [0.2, 0.25) is 0 Å². The standard InChI is InChI=1S/C57H79FN12O9S/c1-9-37(10-2)80-56-62-27-36(28-63-56)44(59)31-69(60)22-15-12-13-20-48(71)67-50(34(4)5)53(74)66-45(19-14-16-21-68(7)8)52(73)61-29-49(72)64-33-78-23-17-18-38-39-24-35(6)43(58)26-46(39)65-51-40(38)30-70-47(51)25-42-41(54(70)75)32-79-55(76)57(42,77)11-3/h17-18,24-28,31,34,37,45,50,77H,9-16,19-23,29-30,32-33,59-60H2,1-8H3,(H,61,73)(H,64,72)(H,66,74)(H,67,71)/b18-17+,44-31-/t45-,50-,57-/m0/s1. The zero-order valence-corrected chi connectivity index (χ0v) is 48.1. The molecule has 23 heteroatoms. The molecule has 0 radical (unpaired) electrons. The third kappa shape index (κ3) is 16.0. The summed E-state index contributed by atoms with van der Waals surface area (Å²) in [6.45, 7) is 11.7. The second kappa shape index (κ2) is 29.1. The number of nitrogens with zero attached hydrogens (tertiary/aromatic N) is 6. The van der Waals surface area contributed by atoms with Gasteiger partial charge in [0.15, 0.2) is 10.8 Å². The highest BCUT2D eigenvalue weighted by atomic mass is 32.2. The number of amides is 4. The molecule has 0 saturated heterocycles. The van der Waals surface area contributed by atoms with Gasteiger partial charge in [0.1, 0.15) is 31.2 Å². The Morgan fingerprint density at radius 3 is 2.38 bits per heavy atom. The quantitative estimate of drug-likeness (QED) is 0.00614. The number of rotatable bonds is 30. The van der Waals surface area contributed by atoms with Crippen molar-refractivity contribution in [3.63, 3.8) is 0 Å². The summed E-state index contributed by atoms with van der Waals surface area (Å²) in [6.07, 6.45) is 14.3. The van der Waals surface area contributed by atoms with Crippen LogP contribution in [-0.4, -0.2) is 129 Å². The van der Waals surface area contributed by atoms with E-state index in [4.69, 9.17) is 26.0 Å². The van der Waals surface area contributed by atoms with Crippen molar-refractivity contribution in [3.05, 3.63) is 92.4 Å². The van der Waals surface area contributed by atoms with Gasteiger partial charge in [0.25, 0.3) is 5.56 Å². The van der Waals surface area contributed by atoms with Crippen molar-refractivity contribution in [1.82, 2.24) is 50.7 Å². The highest BCUT2D eigenvalue weighted by molar-refractivity contribution is 7.99. The maximum Gasteiger partial charge on any atom is 0.343 e. The minimum atomic E-state index is -2.01. The Labute approximate surface area is 471 Å². The Kier molecular flexibility index (Phi) is 22.7. The number of hydrazine groups is 1. The normalized spacial score (nSPS) is 15.7. The molecule has 6 rings (SSSR count). The molecule has 2 aliphatic rings. The van der Waals surface area contributed by atoms with Gasteiger partial charge < -0.3 is 56.1 Å². The molecule has 4 aromatic rings. The Balaban J connectivity index is 0.979. The van der Waals surface area contributed by atoms with Gasteiger partial charge >= 0.3 is 5.97 Å². The molecule has 0 aliphatic carbocycles. The SMILES string of the molecule is CCC(CC)Sc1ncc(/C(N)=C/N(N)CCCCCC(=O)N[C@H](C(=O)N[C@@H](CCCCN(C)C)C(=O)NCC(=O)NCOC/C=C/c2c3c(nc4cc(F)c(C)cc24)-c2cc4c(c(=O)n2C3)COC(=O)[C@]4(O)CC)C(C)C)cn1. The van der Waals surface area contributed by atoms with Crippen LogP contribution in [0, 0.1) is 18.7 Å². The van der Waals surface area contributed by atoms with Crippen molar-refractivity contribution in [3.8, 4) is 11.4 Å². The molecule has 0 bridgehead atoms. The summed E-state index contributed by atoms with van der Waals surface area (Å²) in [4.78, 5) is 95.7. The molecule has 3 atom stereocenters. The molecule has 0 unspecified atom stereocenters. The van der Waals surface area contributed by atoms with E-state index in [-0.39, 0.29) is 62.3 Å². The molecule has 434 valence electrons. The van der Waals surface area contributed by atoms with E-state index in [1.807, 2.05) is 32.8 Å². The van der Waals surface area contributed by atoms with Crippen LogP contribution in [0.4, 0.5) is 4.39 Å². The fourth-order valence-electron chi connectivity index (χ4n) is 9.50. The maximum atomic E-state index is 15.0. The number of esters is 1. The number of aryl methyl sites for hydroxylation is 1. The van der Waals surface area contributed by atoms with Crippen molar-refractivity contribution in [1.29, 1.82) is 0 Å². The predicted molar refractivity (Wildman–Crippen MR) is 305 cm³/mol. The van der Waals surface area contributed by atoms with Crippen LogP contribution in [0.25, 0.3) is 34.1 Å². The fraction of sp³-hybridized carbons (Fsp3) is 0.526. The number of thioether (sulfide) groups is 1. The zero-order valence-electron chi connectivity index (χ0n) is 47.3. The summed E-state index contributed by atoms with van der Waals surface area (Å²) < 4.78 is 27.4. The molecule has 5 heterocycles. The van der Waals surface area contributed by atoms with Gasteiger partial charge in [0.05, 0.1) is 47.9 Å². The van der Waals surface area contributed by atoms with Crippen LogP contribution in [0.1, 0.15) is 132 Å². The molecule has 80 heavy (non-hydrogen) atoms.